The lowest BCUT2D eigenvalue weighted by atomic mass is 10.0. The average Bonchev–Trinajstić information content (AvgIpc) is 2.60. The Hall–Kier alpha value is -1.95. The van der Waals surface area contributed by atoms with E-state index in [0.717, 1.165) is 43.0 Å². The average molecular weight is 364 g/mol. The Morgan fingerprint density at radius 3 is 2.62 bits per heavy atom. The van der Waals surface area contributed by atoms with Crippen molar-refractivity contribution < 1.29 is 19.0 Å². The lowest BCUT2D eigenvalue weighted by molar-refractivity contribution is 0.0120. The van der Waals surface area contributed by atoms with Gasteiger partial charge < -0.3 is 19.1 Å². The molecule has 1 saturated heterocycles. The highest BCUT2D eigenvalue weighted by atomic mass is 16.6. The molecule has 1 atom stereocenters. The van der Waals surface area contributed by atoms with Crippen LogP contribution in [0, 0.1) is 0 Å². The lowest BCUT2D eigenvalue weighted by Crippen LogP contribution is -2.49. The molecular formula is C20H32N2O4. The van der Waals surface area contributed by atoms with Crippen LogP contribution in [0.3, 0.4) is 0 Å². The van der Waals surface area contributed by atoms with Crippen LogP contribution in [-0.2, 0) is 11.3 Å². The first-order valence-corrected chi connectivity index (χ1v) is 9.12. The second-order valence-corrected chi connectivity index (χ2v) is 7.82. The second-order valence-electron chi connectivity index (χ2n) is 7.82. The summed E-state index contributed by atoms with van der Waals surface area (Å²) >= 11 is 0. The molecule has 1 heterocycles. The number of rotatable bonds is 5. The number of carbonyl (C=O) groups is 1. The van der Waals surface area contributed by atoms with Gasteiger partial charge in [0.2, 0.25) is 0 Å². The fourth-order valence-corrected chi connectivity index (χ4v) is 3.19. The van der Waals surface area contributed by atoms with Crippen LogP contribution in [0.5, 0.6) is 11.5 Å². The van der Waals surface area contributed by atoms with Crippen LogP contribution in [0.1, 0.15) is 39.2 Å². The van der Waals surface area contributed by atoms with Gasteiger partial charge in [-0.1, -0.05) is 6.07 Å². The van der Waals surface area contributed by atoms with E-state index in [4.69, 9.17) is 14.2 Å². The van der Waals surface area contributed by atoms with Crippen LogP contribution in [0.15, 0.2) is 18.2 Å². The molecule has 0 spiro atoms. The summed E-state index contributed by atoms with van der Waals surface area (Å²) in [6.45, 7) is 7.88. The molecule has 0 saturated carbocycles. The van der Waals surface area contributed by atoms with Crippen molar-refractivity contribution in [2.75, 3.05) is 34.4 Å². The Balaban J connectivity index is 2.01. The molecule has 0 aliphatic carbocycles. The minimum absolute atomic E-state index is 0.224. The summed E-state index contributed by atoms with van der Waals surface area (Å²) in [7, 11) is 5.41. The third kappa shape index (κ3) is 5.53. The third-order valence-corrected chi connectivity index (χ3v) is 4.59. The predicted molar refractivity (Wildman–Crippen MR) is 102 cm³/mol. The number of carbonyl (C=O) groups excluding carboxylic acids is 1. The summed E-state index contributed by atoms with van der Waals surface area (Å²) < 4.78 is 16.3. The van der Waals surface area contributed by atoms with Gasteiger partial charge in [0.1, 0.15) is 17.1 Å². The van der Waals surface area contributed by atoms with Crippen LogP contribution in [0.25, 0.3) is 0 Å². The Kier molecular flexibility index (Phi) is 6.75. The van der Waals surface area contributed by atoms with Crippen molar-refractivity contribution in [3.8, 4) is 11.5 Å². The number of methoxy groups -OCH3 is 2. The quantitative estimate of drug-likeness (QED) is 0.800. The van der Waals surface area contributed by atoms with E-state index in [1.54, 1.807) is 14.2 Å². The standard InChI is InChI=1S/C20H32N2O4/c1-20(2,3)26-19(23)22-11-7-8-16(14-22)21(4)13-15-9-10-17(24-5)12-18(15)25-6/h9-10,12,16H,7-8,11,13-14H2,1-6H3. The number of hydrogen-bond acceptors (Lipinski definition) is 5. The molecule has 1 amide bonds. The van der Waals surface area contributed by atoms with E-state index in [1.165, 1.54) is 0 Å². The smallest absolute Gasteiger partial charge is 0.410 e. The number of hydrogen-bond donors (Lipinski definition) is 0. The van der Waals surface area contributed by atoms with Gasteiger partial charge in [-0.05, 0) is 46.7 Å². The van der Waals surface area contributed by atoms with Gasteiger partial charge in [-0.15, -0.1) is 0 Å². The maximum Gasteiger partial charge on any atom is 0.410 e. The minimum atomic E-state index is -0.466. The summed E-state index contributed by atoms with van der Waals surface area (Å²) in [6.07, 6.45) is 1.82. The highest BCUT2D eigenvalue weighted by Crippen LogP contribution is 2.27. The molecule has 146 valence electrons. The molecule has 0 bridgehead atoms. The summed E-state index contributed by atoms with van der Waals surface area (Å²) in [6, 6.07) is 6.17. The van der Waals surface area contributed by atoms with Gasteiger partial charge in [0.25, 0.3) is 0 Å². The van der Waals surface area contributed by atoms with Crippen molar-refractivity contribution in [2.45, 2.75) is 51.8 Å². The van der Waals surface area contributed by atoms with E-state index >= 15 is 0 Å². The van der Waals surface area contributed by atoms with Crippen molar-refractivity contribution in [3.05, 3.63) is 23.8 Å². The summed E-state index contributed by atoms with van der Waals surface area (Å²) in [5.74, 6) is 1.60. The molecule has 0 aromatic heterocycles. The molecule has 6 heteroatoms. The molecule has 1 unspecified atom stereocenters. The van der Waals surface area contributed by atoms with E-state index in [0.29, 0.717) is 12.6 Å². The van der Waals surface area contributed by atoms with Gasteiger partial charge in [0.05, 0.1) is 14.2 Å². The first-order chi connectivity index (χ1) is 12.2. The molecule has 1 fully saturated rings. The van der Waals surface area contributed by atoms with Crippen molar-refractivity contribution in [1.29, 1.82) is 0 Å². The number of likely N-dealkylation sites (N-methyl/N-ethyl adjacent to an activating group) is 1. The number of amides is 1. The maximum absolute atomic E-state index is 12.4. The molecule has 1 aliphatic rings. The molecule has 1 aliphatic heterocycles. The molecule has 0 N–H and O–H groups in total. The van der Waals surface area contributed by atoms with Gasteiger partial charge in [-0.25, -0.2) is 4.79 Å². The molecule has 1 aromatic rings. The molecular weight excluding hydrogens is 332 g/mol. The molecule has 0 radical (unpaired) electrons. The Morgan fingerprint density at radius 1 is 1.27 bits per heavy atom. The number of ether oxygens (including phenoxy) is 3. The highest BCUT2D eigenvalue weighted by Gasteiger charge is 2.29. The van der Waals surface area contributed by atoms with Crippen LogP contribution in [0.4, 0.5) is 4.79 Å². The summed E-state index contributed by atoms with van der Waals surface area (Å²) in [4.78, 5) is 16.5. The van der Waals surface area contributed by atoms with Crippen LogP contribution in [0.2, 0.25) is 0 Å². The van der Waals surface area contributed by atoms with E-state index in [2.05, 4.69) is 11.9 Å². The van der Waals surface area contributed by atoms with E-state index < -0.39 is 5.60 Å². The number of benzene rings is 1. The summed E-state index contributed by atoms with van der Waals surface area (Å²) in [5, 5.41) is 0. The van der Waals surface area contributed by atoms with E-state index in [9.17, 15) is 4.79 Å². The SMILES string of the molecule is COc1ccc(CN(C)C2CCCN(C(=O)OC(C)(C)C)C2)c(OC)c1. The Labute approximate surface area is 157 Å². The van der Waals surface area contributed by atoms with Crippen molar-refractivity contribution >= 4 is 6.09 Å². The topological polar surface area (TPSA) is 51.2 Å². The fourth-order valence-electron chi connectivity index (χ4n) is 3.19. The number of likely N-dealkylation sites (tertiary alicyclic amines) is 1. The molecule has 26 heavy (non-hydrogen) atoms. The second kappa shape index (κ2) is 8.62. The molecule has 2 rings (SSSR count). The zero-order valence-corrected chi connectivity index (χ0v) is 16.9. The fraction of sp³-hybridized carbons (Fsp3) is 0.650. The Morgan fingerprint density at radius 2 is 2.00 bits per heavy atom. The van der Waals surface area contributed by atoms with Gasteiger partial charge in [-0.2, -0.15) is 0 Å². The normalized spacial score (nSPS) is 18.0. The zero-order chi connectivity index (χ0) is 19.3. The van der Waals surface area contributed by atoms with Crippen molar-refractivity contribution in [3.63, 3.8) is 0 Å². The number of nitrogens with zero attached hydrogens (tertiary/aromatic N) is 2. The molecule has 6 nitrogen and oxygen atoms in total. The van der Waals surface area contributed by atoms with Crippen LogP contribution >= 0.6 is 0 Å². The zero-order valence-electron chi connectivity index (χ0n) is 16.9. The van der Waals surface area contributed by atoms with Gasteiger partial charge in [0.15, 0.2) is 0 Å². The Bertz CT molecular complexity index is 612. The number of piperidine rings is 1. The van der Waals surface area contributed by atoms with Crippen molar-refractivity contribution in [1.82, 2.24) is 9.80 Å². The van der Waals surface area contributed by atoms with Crippen molar-refractivity contribution in [2.24, 2.45) is 0 Å². The van der Waals surface area contributed by atoms with Gasteiger partial charge in [-0.3, -0.25) is 4.90 Å². The summed E-state index contributed by atoms with van der Waals surface area (Å²) in [5.41, 5.74) is 0.636. The molecule has 1 aromatic carbocycles. The van der Waals surface area contributed by atoms with E-state index in [-0.39, 0.29) is 6.09 Å². The van der Waals surface area contributed by atoms with Crippen LogP contribution < -0.4 is 9.47 Å². The first-order valence-electron chi connectivity index (χ1n) is 9.12. The lowest BCUT2D eigenvalue weighted by Gasteiger charge is -2.38. The first kappa shape index (κ1) is 20.4. The predicted octanol–water partition coefficient (Wildman–Crippen LogP) is 3.54. The highest BCUT2D eigenvalue weighted by molar-refractivity contribution is 5.68. The maximum atomic E-state index is 12.4. The monoisotopic (exact) mass is 364 g/mol. The van der Waals surface area contributed by atoms with Gasteiger partial charge in [0, 0.05) is 37.3 Å². The largest absolute Gasteiger partial charge is 0.497 e. The van der Waals surface area contributed by atoms with Crippen LogP contribution in [-0.4, -0.2) is 61.9 Å². The minimum Gasteiger partial charge on any atom is -0.497 e. The third-order valence-electron chi connectivity index (χ3n) is 4.59. The van der Waals surface area contributed by atoms with Gasteiger partial charge >= 0.3 is 6.09 Å². The van der Waals surface area contributed by atoms with E-state index in [1.807, 2.05) is 43.9 Å².